The van der Waals surface area contributed by atoms with E-state index in [4.69, 9.17) is 0 Å². The van der Waals surface area contributed by atoms with Crippen LogP contribution in [-0.2, 0) is 0 Å². The molecular weight excluding hydrogens is 234 g/mol. The monoisotopic (exact) mass is 257 g/mol. The topological polar surface area (TPSA) is 40.7 Å². The van der Waals surface area contributed by atoms with Gasteiger partial charge in [-0.1, -0.05) is 31.9 Å². The van der Waals surface area contributed by atoms with Crippen molar-refractivity contribution >= 4 is 11.0 Å². The molecule has 3 atom stereocenters. The van der Waals surface area contributed by atoms with Crippen molar-refractivity contribution in [2.45, 2.75) is 51.6 Å². The largest absolute Gasteiger partial charge is 0.341 e. The molecule has 3 heteroatoms. The molecule has 3 nitrogen and oxygen atoms in total. The Hall–Kier alpha value is -1.35. The number of imidazole rings is 1. The Morgan fingerprint density at radius 3 is 2.95 bits per heavy atom. The molecule has 19 heavy (non-hydrogen) atoms. The molecule has 0 spiro atoms. The molecule has 0 saturated heterocycles. The molecular formula is C16H23N3. The van der Waals surface area contributed by atoms with Crippen LogP contribution in [-0.4, -0.2) is 16.0 Å². The van der Waals surface area contributed by atoms with Crippen molar-refractivity contribution in [1.29, 1.82) is 0 Å². The molecule has 2 aromatic rings. The van der Waals surface area contributed by atoms with Crippen LogP contribution in [0.15, 0.2) is 24.3 Å². The van der Waals surface area contributed by atoms with E-state index < -0.39 is 0 Å². The Balaban J connectivity index is 1.70. The fourth-order valence-electron chi connectivity index (χ4n) is 3.20. The van der Waals surface area contributed by atoms with E-state index in [9.17, 15) is 0 Å². The van der Waals surface area contributed by atoms with Crippen molar-refractivity contribution in [3.8, 4) is 0 Å². The normalized spacial score (nSPS) is 25.6. The Kier molecular flexibility index (Phi) is 3.56. The van der Waals surface area contributed by atoms with Crippen LogP contribution in [0.1, 0.15) is 51.4 Å². The van der Waals surface area contributed by atoms with Gasteiger partial charge in [-0.3, -0.25) is 0 Å². The van der Waals surface area contributed by atoms with E-state index in [2.05, 4.69) is 41.3 Å². The molecule has 1 fully saturated rings. The standard InChI is InChI=1S/C16H23N3/c1-11-6-5-7-13(10-11)17-12(2)16-18-14-8-3-4-9-15(14)19-16/h3-4,8-9,11-13,17H,5-7,10H2,1-2H3,(H,18,19). The average molecular weight is 257 g/mol. The maximum atomic E-state index is 4.68. The number of fused-ring (bicyclic) bond motifs is 1. The number of hydrogen-bond acceptors (Lipinski definition) is 2. The zero-order chi connectivity index (χ0) is 13.2. The van der Waals surface area contributed by atoms with Crippen molar-refractivity contribution in [2.75, 3.05) is 0 Å². The van der Waals surface area contributed by atoms with Gasteiger partial charge in [-0.2, -0.15) is 0 Å². The molecule has 1 saturated carbocycles. The number of H-pyrrole nitrogens is 1. The number of nitrogens with zero attached hydrogens (tertiary/aromatic N) is 1. The van der Waals surface area contributed by atoms with Crippen molar-refractivity contribution in [2.24, 2.45) is 5.92 Å². The second kappa shape index (κ2) is 5.33. The van der Waals surface area contributed by atoms with Crippen molar-refractivity contribution in [3.05, 3.63) is 30.1 Å². The Morgan fingerprint density at radius 1 is 1.32 bits per heavy atom. The summed E-state index contributed by atoms with van der Waals surface area (Å²) in [6.45, 7) is 4.57. The van der Waals surface area contributed by atoms with Gasteiger partial charge in [0.1, 0.15) is 5.82 Å². The van der Waals surface area contributed by atoms with Gasteiger partial charge in [-0.25, -0.2) is 4.98 Å². The fourth-order valence-corrected chi connectivity index (χ4v) is 3.20. The minimum atomic E-state index is 0.294. The summed E-state index contributed by atoms with van der Waals surface area (Å²) in [5.74, 6) is 1.91. The Labute approximate surface area is 114 Å². The second-order valence-electron chi connectivity index (χ2n) is 6.00. The number of aromatic nitrogens is 2. The van der Waals surface area contributed by atoms with Gasteiger partial charge in [0.15, 0.2) is 0 Å². The van der Waals surface area contributed by atoms with Gasteiger partial charge in [-0.15, -0.1) is 0 Å². The smallest absolute Gasteiger partial charge is 0.124 e. The van der Waals surface area contributed by atoms with Crippen LogP contribution in [0, 0.1) is 5.92 Å². The molecule has 102 valence electrons. The second-order valence-corrected chi connectivity index (χ2v) is 6.00. The highest BCUT2D eigenvalue weighted by molar-refractivity contribution is 5.74. The van der Waals surface area contributed by atoms with Gasteiger partial charge in [0, 0.05) is 6.04 Å². The maximum Gasteiger partial charge on any atom is 0.124 e. The molecule has 2 N–H and O–H groups in total. The highest BCUT2D eigenvalue weighted by Crippen LogP contribution is 2.25. The SMILES string of the molecule is CC1CCCC(NC(C)c2nc3ccccc3[nH]2)C1. The molecule has 3 rings (SSSR count). The Morgan fingerprint density at radius 2 is 2.16 bits per heavy atom. The third-order valence-corrected chi connectivity index (χ3v) is 4.24. The number of benzene rings is 1. The molecule has 0 aliphatic heterocycles. The zero-order valence-electron chi connectivity index (χ0n) is 11.8. The molecule has 1 aliphatic carbocycles. The number of aromatic amines is 1. The van der Waals surface area contributed by atoms with Crippen LogP contribution >= 0.6 is 0 Å². The summed E-state index contributed by atoms with van der Waals surface area (Å²) < 4.78 is 0. The molecule has 1 aromatic carbocycles. The molecule has 1 aliphatic rings. The summed E-state index contributed by atoms with van der Waals surface area (Å²) in [7, 11) is 0. The third-order valence-electron chi connectivity index (χ3n) is 4.24. The van der Waals surface area contributed by atoms with E-state index in [0.29, 0.717) is 12.1 Å². The first-order chi connectivity index (χ1) is 9.22. The third kappa shape index (κ3) is 2.81. The predicted molar refractivity (Wildman–Crippen MR) is 79.1 cm³/mol. The summed E-state index contributed by atoms with van der Waals surface area (Å²) in [6, 6.07) is 9.17. The van der Waals surface area contributed by atoms with Crippen LogP contribution < -0.4 is 5.32 Å². The van der Waals surface area contributed by atoms with Crippen LogP contribution in [0.5, 0.6) is 0 Å². The highest BCUT2D eigenvalue weighted by atomic mass is 15.0. The van der Waals surface area contributed by atoms with Gasteiger partial charge in [-0.05, 0) is 37.8 Å². The quantitative estimate of drug-likeness (QED) is 0.878. The van der Waals surface area contributed by atoms with Gasteiger partial charge < -0.3 is 10.3 Å². The van der Waals surface area contributed by atoms with Gasteiger partial charge >= 0.3 is 0 Å². The van der Waals surface area contributed by atoms with Crippen molar-refractivity contribution in [1.82, 2.24) is 15.3 Å². The zero-order valence-corrected chi connectivity index (χ0v) is 11.8. The summed E-state index contributed by atoms with van der Waals surface area (Å²) >= 11 is 0. The number of nitrogens with one attached hydrogen (secondary N) is 2. The fraction of sp³-hybridized carbons (Fsp3) is 0.562. The number of rotatable bonds is 3. The summed E-state index contributed by atoms with van der Waals surface area (Å²) in [5.41, 5.74) is 2.19. The van der Waals surface area contributed by atoms with E-state index in [1.54, 1.807) is 0 Å². The lowest BCUT2D eigenvalue weighted by Gasteiger charge is -2.29. The van der Waals surface area contributed by atoms with E-state index >= 15 is 0 Å². The van der Waals surface area contributed by atoms with Crippen LogP contribution in [0.2, 0.25) is 0 Å². The lowest BCUT2D eigenvalue weighted by atomic mass is 9.87. The molecule has 0 radical (unpaired) electrons. The summed E-state index contributed by atoms with van der Waals surface area (Å²) in [4.78, 5) is 8.10. The van der Waals surface area contributed by atoms with E-state index in [-0.39, 0.29) is 0 Å². The summed E-state index contributed by atoms with van der Waals surface area (Å²) in [5, 5.41) is 3.73. The number of para-hydroxylation sites is 2. The van der Waals surface area contributed by atoms with Gasteiger partial charge in [0.2, 0.25) is 0 Å². The van der Waals surface area contributed by atoms with Gasteiger partial charge in [0.05, 0.1) is 17.1 Å². The minimum Gasteiger partial charge on any atom is -0.341 e. The van der Waals surface area contributed by atoms with Crippen LogP contribution in [0.4, 0.5) is 0 Å². The van der Waals surface area contributed by atoms with E-state index in [1.165, 1.54) is 25.7 Å². The van der Waals surface area contributed by atoms with Crippen LogP contribution in [0.3, 0.4) is 0 Å². The minimum absolute atomic E-state index is 0.294. The van der Waals surface area contributed by atoms with E-state index in [0.717, 1.165) is 22.8 Å². The first-order valence-electron chi connectivity index (χ1n) is 7.43. The first kappa shape index (κ1) is 12.7. The van der Waals surface area contributed by atoms with E-state index in [1.807, 2.05) is 12.1 Å². The number of hydrogen-bond donors (Lipinski definition) is 2. The molecule has 0 bridgehead atoms. The molecule has 3 unspecified atom stereocenters. The Bertz CT molecular complexity index is 513. The highest BCUT2D eigenvalue weighted by Gasteiger charge is 2.21. The lowest BCUT2D eigenvalue weighted by Crippen LogP contribution is -2.35. The van der Waals surface area contributed by atoms with Gasteiger partial charge in [0.25, 0.3) is 0 Å². The average Bonchev–Trinajstić information content (AvgIpc) is 2.82. The van der Waals surface area contributed by atoms with Crippen LogP contribution in [0.25, 0.3) is 11.0 Å². The molecule has 0 amide bonds. The predicted octanol–water partition coefficient (Wildman–Crippen LogP) is 3.79. The summed E-state index contributed by atoms with van der Waals surface area (Å²) in [6.07, 6.45) is 5.34. The van der Waals surface area contributed by atoms with Crippen molar-refractivity contribution in [3.63, 3.8) is 0 Å². The molecule has 1 aromatic heterocycles. The molecule has 1 heterocycles. The van der Waals surface area contributed by atoms with Crippen molar-refractivity contribution < 1.29 is 0 Å². The first-order valence-corrected chi connectivity index (χ1v) is 7.43. The maximum absolute atomic E-state index is 4.68. The lowest BCUT2D eigenvalue weighted by molar-refractivity contribution is 0.283.